The zero-order chi connectivity index (χ0) is 8.97. The second kappa shape index (κ2) is 4.42. The third kappa shape index (κ3) is 2.46. The maximum atomic E-state index is 10.5. The molecular formula is C8H8O2S2. The Labute approximate surface area is 78.8 Å². The normalized spacial score (nSPS) is 9.75. The molecule has 0 spiro atoms. The molecule has 0 saturated heterocycles. The summed E-state index contributed by atoms with van der Waals surface area (Å²) < 4.78 is 0. The average Bonchev–Trinajstić information content (AvgIpc) is 2.05. The molecule has 0 radical (unpaired) electrons. The number of carboxylic acids is 1. The van der Waals surface area contributed by atoms with Gasteiger partial charge in [0.2, 0.25) is 0 Å². The molecule has 0 aliphatic rings. The highest BCUT2D eigenvalue weighted by Crippen LogP contribution is 2.28. The minimum atomic E-state index is -0.876. The Hall–Kier alpha value is -0.610. The first kappa shape index (κ1) is 9.48. The lowest BCUT2D eigenvalue weighted by Crippen LogP contribution is -1.94. The maximum Gasteiger partial charge on any atom is 0.335 e. The molecule has 0 bridgehead atoms. The van der Waals surface area contributed by atoms with Crippen molar-refractivity contribution in [3.05, 3.63) is 29.8 Å². The van der Waals surface area contributed by atoms with E-state index in [1.165, 1.54) is 0 Å². The van der Waals surface area contributed by atoms with Gasteiger partial charge in [0.1, 0.15) is 0 Å². The monoisotopic (exact) mass is 200 g/mol. The molecule has 0 unspecified atom stereocenters. The molecule has 0 aliphatic heterocycles. The molecule has 0 heterocycles. The van der Waals surface area contributed by atoms with Crippen molar-refractivity contribution in [2.24, 2.45) is 0 Å². The molecule has 0 aromatic heterocycles. The lowest BCUT2D eigenvalue weighted by atomic mass is 10.2. The van der Waals surface area contributed by atoms with Crippen molar-refractivity contribution in [3.8, 4) is 0 Å². The summed E-state index contributed by atoms with van der Waals surface area (Å²) in [4.78, 5) is 11.5. The van der Waals surface area contributed by atoms with Crippen molar-refractivity contribution in [2.75, 3.05) is 6.26 Å². The van der Waals surface area contributed by atoms with Gasteiger partial charge in [-0.15, -0.1) is 0 Å². The quantitative estimate of drug-likeness (QED) is 0.761. The van der Waals surface area contributed by atoms with E-state index < -0.39 is 5.97 Å². The third-order valence-corrected chi connectivity index (χ3v) is 2.95. The molecule has 0 aliphatic carbocycles. The molecule has 1 N–H and O–H groups in total. The molecule has 0 fully saturated rings. The molecule has 0 saturated carbocycles. The smallest absolute Gasteiger partial charge is 0.335 e. The first-order chi connectivity index (χ1) is 5.74. The van der Waals surface area contributed by atoms with Gasteiger partial charge in [-0.1, -0.05) is 27.7 Å². The highest BCUT2D eigenvalue weighted by atomic mass is 33.1. The Kier molecular flexibility index (Phi) is 3.49. The van der Waals surface area contributed by atoms with Gasteiger partial charge in [0.25, 0.3) is 0 Å². The van der Waals surface area contributed by atoms with Gasteiger partial charge in [-0.2, -0.15) is 0 Å². The fourth-order valence-corrected chi connectivity index (χ4v) is 2.17. The molecule has 2 nitrogen and oxygen atoms in total. The van der Waals surface area contributed by atoms with Crippen LogP contribution >= 0.6 is 21.6 Å². The van der Waals surface area contributed by atoms with Crippen LogP contribution in [0.3, 0.4) is 0 Å². The fraction of sp³-hybridized carbons (Fsp3) is 0.125. The van der Waals surface area contributed by atoms with E-state index in [0.29, 0.717) is 5.56 Å². The van der Waals surface area contributed by atoms with Gasteiger partial charge >= 0.3 is 5.97 Å². The molecule has 0 atom stereocenters. The van der Waals surface area contributed by atoms with Gasteiger partial charge in [-0.05, 0) is 24.5 Å². The standard InChI is InChI=1S/C8H8O2S2/c1-11-12-7-4-2-3-6(5-7)8(9)10/h2-5H,1H3,(H,9,10). The summed E-state index contributed by atoms with van der Waals surface area (Å²) >= 11 is 0. The summed E-state index contributed by atoms with van der Waals surface area (Å²) in [6.07, 6.45) is 1.96. The minimum Gasteiger partial charge on any atom is -0.478 e. The van der Waals surface area contributed by atoms with Crippen LogP contribution in [0, 0.1) is 0 Å². The van der Waals surface area contributed by atoms with E-state index in [0.717, 1.165) is 4.90 Å². The van der Waals surface area contributed by atoms with Crippen molar-refractivity contribution in [2.45, 2.75) is 4.90 Å². The van der Waals surface area contributed by atoms with Crippen molar-refractivity contribution < 1.29 is 9.90 Å². The Morgan fingerprint density at radius 2 is 2.25 bits per heavy atom. The summed E-state index contributed by atoms with van der Waals surface area (Å²) in [7, 11) is 3.16. The van der Waals surface area contributed by atoms with E-state index in [4.69, 9.17) is 5.11 Å². The van der Waals surface area contributed by atoms with Gasteiger partial charge in [0.15, 0.2) is 0 Å². The Morgan fingerprint density at radius 1 is 1.50 bits per heavy atom. The Balaban J connectivity index is 2.88. The fourth-order valence-electron chi connectivity index (χ4n) is 0.777. The molecule has 1 aromatic carbocycles. The molecule has 64 valence electrons. The molecular weight excluding hydrogens is 192 g/mol. The van der Waals surface area contributed by atoms with Crippen LogP contribution in [-0.4, -0.2) is 17.3 Å². The van der Waals surface area contributed by atoms with Crippen molar-refractivity contribution >= 4 is 27.6 Å². The molecule has 0 amide bonds. The van der Waals surface area contributed by atoms with Crippen LogP contribution in [-0.2, 0) is 0 Å². The number of hydrogen-bond acceptors (Lipinski definition) is 3. The van der Waals surface area contributed by atoms with E-state index in [2.05, 4.69) is 0 Å². The van der Waals surface area contributed by atoms with Gasteiger partial charge in [-0.3, -0.25) is 0 Å². The third-order valence-electron chi connectivity index (χ3n) is 1.26. The summed E-state index contributed by atoms with van der Waals surface area (Å²) in [5.74, 6) is -0.876. The van der Waals surface area contributed by atoms with Crippen LogP contribution in [0.25, 0.3) is 0 Å². The predicted octanol–water partition coefficient (Wildman–Crippen LogP) is 2.75. The van der Waals surface area contributed by atoms with Crippen LogP contribution in [0.5, 0.6) is 0 Å². The van der Waals surface area contributed by atoms with E-state index in [1.54, 1.807) is 39.8 Å². The zero-order valence-corrected chi connectivity index (χ0v) is 8.11. The Bertz CT molecular complexity index is 286. The SMILES string of the molecule is CSSc1cccc(C(=O)O)c1. The van der Waals surface area contributed by atoms with E-state index >= 15 is 0 Å². The van der Waals surface area contributed by atoms with Gasteiger partial charge in [-0.25, -0.2) is 4.79 Å². The summed E-state index contributed by atoms with van der Waals surface area (Å²) in [6.45, 7) is 0. The van der Waals surface area contributed by atoms with Crippen LogP contribution in [0.2, 0.25) is 0 Å². The lowest BCUT2D eigenvalue weighted by molar-refractivity contribution is 0.0696. The zero-order valence-electron chi connectivity index (χ0n) is 6.48. The molecule has 1 rings (SSSR count). The van der Waals surface area contributed by atoms with Gasteiger partial charge in [0, 0.05) is 4.90 Å². The summed E-state index contributed by atoms with van der Waals surface area (Å²) in [6, 6.07) is 6.91. The lowest BCUT2D eigenvalue weighted by Gasteiger charge is -1.98. The van der Waals surface area contributed by atoms with Gasteiger partial charge < -0.3 is 5.11 Å². The highest BCUT2D eigenvalue weighted by Gasteiger charge is 2.02. The number of carbonyl (C=O) groups is 1. The van der Waals surface area contributed by atoms with Crippen LogP contribution in [0.15, 0.2) is 29.2 Å². The van der Waals surface area contributed by atoms with Crippen molar-refractivity contribution in [3.63, 3.8) is 0 Å². The minimum absolute atomic E-state index is 0.342. The highest BCUT2D eigenvalue weighted by molar-refractivity contribution is 8.76. The topological polar surface area (TPSA) is 37.3 Å². The second-order valence-electron chi connectivity index (χ2n) is 2.08. The average molecular weight is 200 g/mol. The van der Waals surface area contributed by atoms with E-state index in [-0.39, 0.29) is 0 Å². The Morgan fingerprint density at radius 3 is 2.83 bits per heavy atom. The van der Waals surface area contributed by atoms with Crippen LogP contribution in [0.1, 0.15) is 10.4 Å². The number of aromatic carboxylic acids is 1. The molecule has 4 heteroatoms. The van der Waals surface area contributed by atoms with Crippen LogP contribution in [0.4, 0.5) is 0 Å². The second-order valence-corrected chi connectivity index (χ2v) is 4.55. The van der Waals surface area contributed by atoms with E-state index in [9.17, 15) is 4.79 Å². The number of hydrogen-bond donors (Lipinski definition) is 1. The first-order valence-corrected chi connectivity index (χ1v) is 5.84. The molecule has 1 aromatic rings. The summed E-state index contributed by atoms with van der Waals surface area (Å²) in [5.41, 5.74) is 0.342. The maximum absolute atomic E-state index is 10.5. The van der Waals surface area contributed by atoms with Gasteiger partial charge in [0.05, 0.1) is 5.56 Å². The van der Waals surface area contributed by atoms with E-state index in [1.807, 2.05) is 12.3 Å². The number of rotatable bonds is 3. The first-order valence-electron chi connectivity index (χ1n) is 3.28. The number of carboxylic acid groups (broad SMARTS) is 1. The largest absolute Gasteiger partial charge is 0.478 e. The molecule has 12 heavy (non-hydrogen) atoms. The van der Waals surface area contributed by atoms with Crippen LogP contribution < -0.4 is 0 Å². The number of benzene rings is 1. The predicted molar refractivity (Wildman–Crippen MR) is 52.8 cm³/mol. The summed E-state index contributed by atoms with van der Waals surface area (Å²) in [5, 5.41) is 8.66. The van der Waals surface area contributed by atoms with Crippen molar-refractivity contribution in [1.82, 2.24) is 0 Å². The van der Waals surface area contributed by atoms with Crippen molar-refractivity contribution in [1.29, 1.82) is 0 Å².